The molecule has 0 unspecified atom stereocenters. The number of carbonyl (C=O) groups excluding carboxylic acids is 2. The van der Waals surface area contributed by atoms with Crippen LogP contribution in [0.2, 0.25) is 0 Å². The van der Waals surface area contributed by atoms with E-state index in [9.17, 15) is 9.59 Å². The molecular weight excluding hydrogens is 324 g/mol. The third kappa shape index (κ3) is 4.97. The van der Waals surface area contributed by atoms with Gasteiger partial charge >= 0.3 is 6.09 Å². The molecule has 0 spiro atoms. The fourth-order valence-electron chi connectivity index (χ4n) is 2.06. The summed E-state index contributed by atoms with van der Waals surface area (Å²) in [6, 6.07) is 4.90. The average molecular weight is 346 g/mol. The Bertz CT molecular complexity index is 777. The van der Waals surface area contributed by atoms with Crippen molar-refractivity contribution in [2.45, 2.75) is 33.3 Å². The molecule has 2 rings (SSSR count). The number of nitrogens with one attached hydrogen (secondary N) is 3. The van der Waals surface area contributed by atoms with E-state index in [1.807, 2.05) is 6.92 Å². The van der Waals surface area contributed by atoms with E-state index in [-0.39, 0.29) is 0 Å². The number of rotatable bonds is 3. The monoisotopic (exact) mass is 346 g/mol. The van der Waals surface area contributed by atoms with Gasteiger partial charge in [0.25, 0.3) is 5.91 Å². The van der Waals surface area contributed by atoms with Gasteiger partial charge in [-0.3, -0.25) is 10.2 Å². The molecule has 2 amide bonds. The second-order valence-corrected chi connectivity index (χ2v) is 6.39. The van der Waals surface area contributed by atoms with E-state index < -0.39 is 17.6 Å². The summed E-state index contributed by atoms with van der Waals surface area (Å²) in [5.41, 5.74) is 5.74. The van der Waals surface area contributed by atoms with E-state index in [0.717, 1.165) is 11.3 Å². The molecule has 1 heterocycles. The van der Waals surface area contributed by atoms with Gasteiger partial charge in [0.05, 0.1) is 18.4 Å². The largest absolute Gasteiger partial charge is 0.496 e. The molecule has 0 fully saturated rings. The van der Waals surface area contributed by atoms with Crippen LogP contribution < -0.4 is 15.6 Å². The van der Waals surface area contributed by atoms with Crippen LogP contribution in [0.1, 0.15) is 36.8 Å². The van der Waals surface area contributed by atoms with Crippen molar-refractivity contribution in [2.24, 2.45) is 0 Å². The van der Waals surface area contributed by atoms with Crippen LogP contribution in [0.5, 0.6) is 5.75 Å². The molecule has 0 aliphatic heterocycles. The summed E-state index contributed by atoms with van der Waals surface area (Å²) >= 11 is 0. The maximum Gasteiger partial charge on any atom is 0.426 e. The molecule has 0 bridgehead atoms. The Labute approximate surface area is 145 Å². The highest BCUT2D eigenvalue weighted by molar-refractivity contribution is 5.96. The summed E-state index contributed by atoms with van der Waals surface area (Å²) in [5.74, 6) is 0.638. The van der Waals surface area contributed by atoms with Crippen LogP contribution in [0.25, 0.3) is 11.4 Å². The van der Waals surface area contributed by atoms with Gasteiger partial charge in [-0.05, 0) is 45.9 Å². The number of ether oxygens (including phenoxy) is 2. The molecule has 8 heteroatoms. The lowest BCUT2D eigenvalue weighted by Gasteiger charge is -2.19. The van der Waals surface area contributed by atoms with Crippen molar-refractivity contribution in [3.8, 4) is 17.1 Å². The molecule has 0 aliphatic rings. The Morgan fingerprint density at radius 1 is 1.20 bits per heavy atom. The Morgan fingerprint density at radius 3 is 2.48 bits per heavy atom. The Morgan fingerprint density at radius 2 is 1.92 bits per heavy atom. The first kappa shape index (κ1) is 18.3. The number of aromatic amines is 1. The topological polar surface area (TPSA) is 105 Å². The normalized spacial score (nSPS) is 10.9. The second kappa shape index (κ2) is 7.25. The third-order valence-electron chi connectivity index (χ3n) is 3.10. The van der Waals surface area contributed by atoms with Gasteiger partial charge in [-0.15, -0.1) is 0 Å². The summed E-state index contributed by atoms with van der Waals surface area (Å²) in [5, 5.41) is 0. The highest BCUT2D eigenvalue weighted by Crippen LogP contribution is 2.28. The van der Waals surface area contributed by atoms with E-state index in [1.54, 1.807) is 45.2 Å². The molecule has 134 valence electrons. The Kier molecular flexibility index (Phi) is 5.31. The zero-order valence-corrected chi connectivity index (χ0v) is 14.9. The van der Waals surface area contributed by atoms with Gasteiger partial charge < -0.3 is 14.5 Å². The number of amides is 2. The van der Waals surface area contributed by atoms with Crippen LogP contribution in [0.15, 0.2) is 24.4 Å². The summed E-state index contributed by atoms with van der Waals surface area (Å²) in [6.07, 6.45) is 1.04. The number of hydrogen-bond donors (Lipinski definition) is 3. The Balaban J connectivity index is 2.09. The summed E-state index contributed by atoms with van der Waals surface area (Å²) in [7, 11) is 1.51. The van der Waals surface area contributed by atoms with Crippen molar-refractivity contribution < 1.29 is 19.1 Å². The number of imidazole rings is 1. The van der Waals surface area contributed by atoms with Crippen molar-refractivity contribution >= 4 is 12.0 Å². The number of carbonyl (C=O) groups is 2. The van der Waals surface area contributed by atoms with Crippen LogP contribution in [0, 0.1) is 6.92 Å². The highest BCUT2D eigenvalue weighted by Gasteiger charge is 2.18. The number of aromatic nitrogens is 2. The fourth-order valence-corrected chi connectivity index (χ4v) is 2.06. The van der Waals surface area contributed by atoms with Gasteiger partial charge in [-0.2, -0.15) is 0 Å². The van der Waals surface area contributed by atoms with Crippen molar-refractivity contribution in [1.29, 1.82) is 0 Å². The number of aryl methyl sites for hydroxylation is 1. The zero-order valence-electron chi connectivity index (χ0n) is 14.9. The van der Waals surface area contributed by atoms with Gasteiger partial charge in [0.1, 0.15) is 17.2 Å². The molecule has 2 aromatic rings. The molecule has 0 aliphatic carbocycles. The lowest BCUT2D eigenvalue weighted by molar-refractivity contribution is 0.0483. The molecule has 0 saturated heterocycles. The zero-order chi connectivity index (χ0) is 18.6. The first-order chi connectivity index (χ1) is 11.7. The standard InChI is InChI=1S/C17H22N4O4/c1-10-9-18-14(19-10)12-7-6-11(8-13(12)24-5)15(22)20-21-16(23)25-17(2,3)4/h6-9H,1-5H3,(H,18,19)(H,20,22)(H,21,23). The number of H-pyrrole nitrogens is 1. The minimum Gasteiger partial charge on any atom is -0.496 e. The molecule has 1 aromatic carbocycles. The van der Waals surface area contributed by atoms with Gasteiger partial charge in [0.15, 0.2) is 0 Å². The molecule has 1 aromatic heterocycles. The van der Waals surface area contributed by atoms with Crippen molar-refractivity contribution in [3.63, 3.8) is 0 Å². The molecule has 0 saturated carbocycles. The summed E-state index contributed by atoms with van der Waals surface area (Å²) in [6.45, 7) is 7.06. The van der Waals surface area contributed by atoms with Crippen molar-refractivity contribution in [2.75, 3.05) is 7.11 Å². The molecule has 0 radical (unpaired) electrons. The van der Waals surface area contributed by atoms with Crippen LogP contribution in [0.3, 0.4) is 0 Å². The van der Waals surface area contributed by atoms with Gasteiger partial charge in [0, 0.05) is 11.8 Å². The number of methoxy groups -OCH3 is 1. The second-order valence-electron chi connectivity index (χ2n) is 6.39. The smallest absolute Gasteiger partial charge is 0.426 e. The average Bonchev–Trinajstić information content (AvgIpc) is 2.96. The van der Waals surface area contributed by atoms with E-state index in [1.165, 1.54) is 7.11 Å². The SMILES string of the molecule is COc1cc(C(=O)NNC(=O)OC(C)(C)C)ccc1-c1nc(C)c[nH]1. The molecule has 25 heavy (non-hydrogen) atoms. The van der Waals surface area contributed by atoms with Crippen LogP contribution in [-0.2, 0) is 4.74 Å². The first-order valence-electron chi connectivity index (χ1n) is 7.69. The number of hydrogen-bond acceptors (Lipinski definition) is 5. The Hall–Kier alpha value is -3.03. The van der Waals surface area contributed by atoms with Crippen LogP contribution in [-0.4, -0.2) is 34.7 Å². The van der Waals surface area contributed by atoms with Crippen molar-refractivity contribution in [1.82, 2.24) is 20.8 Å². The van der Waals surface area contributed by atoms with Crippen LogP contribution >= 0.6 is 0 Å². The minimum atomic E-state index is -0.740. The number of nitrogens with zero attached hydrogens (tertiary/aromatic N) is 1. The molecule has 0 atom stereocenters. The maximum atomic E-state index is 12.2. The van der Waals surface area contributed by atoms with E-state index in [0.29, 0.717) is 17.1 Å². The number of benzene rings is 1. The summed E-state index contributed by atoms with van der Waals surface area (Å²) < 4.78 is 10.4. The lowest BCUT2D eigenvalue weighted by atomic mass is 10.1. The predicted octanol–water partition coefficient (Wildman–Crippen LogP) is 2.56. The predicted molar refractivity (Wildman–Crippen MR) is 92.1 cm³/mol. The fraction of sp³-hybridized carbons (Fsp3) is 0.353. The van der Waals surface area contributed by atoms with E-state index in [2.05, 4.69) is 20.8 Å². The van der Waals surface area contributed by atoms with Crippen molar-refractivity contribution in [3.05, 3.63) is 35.7 Å². The number of hydrazine groups is 1. The molecular formula is C17H22N4O4. The molecule has 3 N–H and O–H groups in total. The maximum absolute atomic E-state index is 12.2. The van der Waals surface area contributed by atoms with E-state index >= 15 is 0 Å². The lowest BCUT2D eigenvalue weighted by Crippen LogP contribution is -2.44. The van der Waals surface area contributed by atoms with Gasteiger partial charge in [0.2, 0.25) is 0 Å². The first-order valence-corrected chi connectivity index (χ1v) is 7.69. The van der Waals surface area contributed by atoms with Crippen LogP contribution in [0.4, 0.5) is 4.79 Å². The highest BCUT2D eigenvalue weighted by atomic mass is 16.6. The summed E-state index contributed by atoms with van der Waals surface area (Å²) in [4.78, 5) is 31.1. The van der Waals surface area contributed by atoms with Gasteiger partial charge in [-0.25, -0.2) is 15.2 Å². The molecule has 8 nitrogen and oxygen atoms in total. The van der Waals surface area contributed by atoms with Gasteiger partial charge in [-0.1, -0.05) is 0 Å². The minimum absolute atomic E-state index is 0.319. The van der Waals surface area contributed by atoms with E-state index in [4.69, 9.17) is 9.47 Å². The quantitative estimate of drug-likeness (QED) is 0.741. The third-order valence-corrected chi connectivity index (χ3v) is 3.10.